The fourth-order valence-electron chi connectivity index (χ4n) is 3.11. The van der Waals surface area contributed by atoms with Gasteiger partial charge in [-0.25, -0.2) is 8.42 Å². The summed E-state index contributed by atoms with van der Waals surface area (Å²) in [6.45, 7) is 0.957. The SMILES string of the molecule is O=C(CCc1ccc(Cl)cc1Cl)NNC(=O)c1cccc(S(=O)(=O)N2CCCC2)c1. The van der Waals surface area contributed by atoms with E-state index in [4.69, 9.17) is 23.2 Å². The third kappa shape index (κ3) is 5.51. The fourth-order valence-corrected chi connectivity index (χ4v) is 5.18. The lowest BCUT2D eigenvalue weighted by Crippen LogP contribution is -2.41. The number of aryl methyl sites for hydroxylation is 1. The van der Waals surface area contributed by atoms with E-state index in [1.54, 1.807) is 18.2 Å². The molecule has 0 saturated carbocycles. The molecule has 0 aromatic heterocycles. The first-order valence-corrected chi connectivity index (χ1v) is 11.6. The first kappa shape index (κ1) is 22.6. The fraction of sp³-hybridized carbons (Fsp3) is 0.300. The van der Waals surface area contributed by atoms with Gasteiger partial charge in [-0.3, -0.25) is 20.4 Å². The Morgan fingerprint density at radius 2 is 1.73 bits per heavy atom. The second kappa shape index (κ2) is 9.78. The summed E-state index contributed by atoms with van der Waals surface area (Å²) in [6, 6.07) is 10.8. The lowest BCUT2D eigenvalue weighted by molar-refractivity contribution is -0.121. The molecule has 1 saturated heterocycles. The van der Waals surface area contributed by atoms with E-state index in [1.807, 2.05) is 0 Å². The van der Waals surface area contributed by atoms with Gasteiger partial charge in [0.1, 0.15) is 0 Å². The normalized spacial score (nSPS) is 14.5. The van der Waals surface area contributed by atoms with Crippen molar-refractivity contribution in [2.45, 2.75) is 30.6 Å². The molecule has 2 aromatic carbocycles. The van der Waals surface area contributed by atoms with E-state index in [2.05, 4.69) is 10.9 Å². The van der Waals surface area contributed by atoms with Crippen LogP contribution in [-0.4, -0.2) is 37.6 Å². The van der Waals surface area contributed by atoms with Crippen LogP contribution in [0.4, 0.5) is 0 Å². The van der Waals surface area contributed by atoms with E-state index in [-0.39, 0.29) is 16.9 Å². The van der Waals surface area contributed by atoms with Crippen molar-refractivity contribution in [1.29, 1.82) is 0 Å². The quantitative estimate of drug-likeness (QED) is 0.634. The molecule has 1 fully saturated rings. The number of nitrogens with one attached hydrogen (secondary N) is 2. The minimum Gasteiger partial charge on any atom is -0.273 e. The van der Waals surface area contributed by atoms with Crippen LogP contribution in [0.25, 0.3) is 0 Å². The van der Waals surface area contributed by atoms with Crippen molar-refractivity contribution in [3.63, 3.8) is 0 Å². The molecule has 0 atom stereocenters. The van der Waals surface area contributed by atoms with Crippen molar-refractivity contribution < 1.29 is 18.0 Å². The lowest BCUT2D eigenvalue weighted by Gasteiger charge is -2.16. The molecule has 0 unspecified atom stereocenters. The third-order valence-corrected chi connectivity index (χ3v) is 7.23. The topological polar surface area (TPSA) is 95.6 Å². The minimum absolute atomic E-state index is 0.0563. The summed E-state index contributed by atoms with van der Waals surface area (Å²) >= 11 is 11.9. The summed E-state index contributed by atoms with van der Waals surface area (Å²) in [5.74, 6) is -1.01. The molecule has 0 radical (unpaired) electrons. The average molecular weight is 470 g/mol. The number of hydrogen-bond acceptors (Lipinski definition) is 4. The zero-order chi connectivity index (χ0) is 21.7. The van der Waals surface area contributed by atoms with E-state index < -0.39 is 21.8 Å². The number of carbonyl (C=O) groups excluding carboxylic acids is 2. The summed E-state index contributed by atoms with van der Waals surface area (Å²) in [4.78, 5) is 24.4. The zero-order valence-corrected chi connectivity index (χ0v) is 18.4. The summed E-state index contributed by atoms with van der Waals surface area (Å²) in [5.41, 5.74) is 5.54. The van der Waals surface area contributed by atoms with Crippen molar-refractivity contribution in [3.8, 4) is 0 Å². The predicted molar refractivity (Wildman–Crippen MR) is 115 cm³/mol. The molecule has 2 N–H and O–H groups in total. The highest BCUT2D eigenvalue weighted by Crippen LogP contribution is 2.22. The van der Waals surface area contributed by atoms with E-state index in [0.29, 0.717) is 29.6 Å². The van der Waals surface area contributed by atoms with Gasteiger partial charge in [0.25, 0.3) is 5.91 Å². The number of hydrogen-bond donors (Lipinski definition) is 2. The highest BCUT2D eigenvalue weighted by atomic mass is 35.5. The number of benzene rings is 2. The molecule has 7 nitrogen and oxygen atoms in total. The summed E-state index contributed by atoms with van der Waals surface area (Å²) in [5, 5.41) is 0.977. The number of halogens is 2. The van der Waals surface area contributed by atoms with Crippen LogP contribution in [0, 0.1) is 0 Å². The van der Waals surface area contributed by atoms with Gasteiger partial charge in [0, 0.05) is 35.1 Å². The number of nitrogens with zero attached hydrogens (tertiary/aromatic N) is 1. The van der Waals surface area contributed by atoms with Crippen LogP contribution in [-0.2, 0) is 21.2 Å². The molecule has 0 spiro atoms. The Kier molecular flexibility index (Phi) is 7.36. The average Bonchev–Trinajstić information content (AvgIpc) is 3.27. The Morgan fingerprint density at radius 1 is 1.00 bits per heavy atom. The van der Waals surface area contributed by atoms with Gasteiger partial charge in [-0.1, -0.05) is 35.3 Å². The van der Waals surface area contributed by atoms with Crippen LogP contribution >= 0.6 is 23.2 Å². The highest BCUT2D eigenvalue weighted by Gasteiger charge is 2.27. The molecule has 10 heteroatoms. The number of amides is 2. The van der Waals surface area contributed by atoms with Crippen LogP contribution in [0.5, 0.6) is 0 Å². The number of carbonyl (C=O) groups is 2. The molecular formula is C20H21Cl2N3O4S. The number of rotatable bonds is 6. The van der Waals surface area contributed by atoms with Gasteiger partial charge in [-0.2, -0.15) is 4.31 Å². The van der Waals surface area contributed by atoms with Gasteiger partial charge in [0.2, 0.25) is 15.9 Å². The van der Waals surface area contributed by atoms with Crippen molar-refractivity contribution in [2.75, 3.05) is 13.1 Å². The molecule has 3 rings (SSSR count). The van der Waals surface area contributed by atoms with E-state index in [0.717, 1.165) is 18.4 Å². The van der Waals surface area contributed by atoms with Crippen LogP contribution in [0.2, 0.25) is 10.0 Å². The first-order valence-electron chi connectivity index (χ1n) is 9.41. The Balaban J connectivity index is 1.56. The molecule has 1 heterocycles. The Hall–Kier alpha value is -2.13. The number of sulfonamides is 1. The van der Waals surface area contributed by atoms with Crippen LogP contribution in [0.15, 0.2) is 47.4 Å². The maximum absolute atomic E-state index is 12.6. The lowest BCUT2D eigenvalue weighted by atomic mass is 10.1. The highest BCUT2D eigenvalue weighted by molar-refractivity contribution is 7.89. The molecule has 1 aliphatic rings. The van der Waals surface area contributed by atoms with Crippen molar-refractivity contribution in [3.05, 3.63) is 63.6 Å². The van der Waals surface area contributed by atoms with Crippen molar-refractivity contribution in [1.82, 2.24) is 15.2 Å². The monoisotopic (exact) mass is 469 g/mol. The predicted octanol–water partition coefficient (Wildman–Crippen LogP) is 3.17. The van der Waals surface area contributed by atoms with Crippen LogP contribution in [0.1, 0.15) is 35.2 Å². The first-order chi connectivity index (χ1) is 14.3. The summed E-state index contributed by atoms with van der Waals surface area (Å²) in [6.07, 6.45) is 2.13. The van der Waals surface area contributed by atoms with E-state index >= 15 is 0 Å². The molecule has 160 valence electrons. The van der Waals surface area contributed by atoms with Gasteiger partial charge in [-0.05, 0) is 55.2 Å². The maximum atomic E-state index is 12.6. The summed E-state index contributed by atoms with van der Waals surface area (Å²) < 4.78 is 26.7. The van der Waals surface area contributed by atoms with E-state index in [9.17, 15) is 18.0 Å². The van der Waals surface area contributed by atoms with Crippen LogP contribution in [0.3, 0.4) is 0 Å². The third-order valence-electron chi connectivity index (χ3n) is 4.75. The maximum Gasteiger partial charge on any atom is 0.269 e. The molecule has 2 amide bonds. The van der Waals surface area contributed by atoms with Crippen molar-refractivity contribution >= 4 is 45.0 Å². The molecule has 2 aromatic rings. The van der Waals surface area contributed by atoms with Crippen molar-refractivity contribution in [2.24, 2.45) is 0 Å². The Morgan fingerprint density at radius 3 is 2.43 bits per heavy atom. The van der Waals surface area contributed by atoms with Gasteiger partial charge >= 0.3 is 0 Å². The van der Waals surface area contributed by atoms with Gasteiger partial charge < -0.3 is 0 Å². The second-order valence-electron chi connectivity index (χ2n) is 6.88. The smallest absolute Gasteiger partial charge is 0.269 e. The van der Waals surface area contributed by atoms with Gasteiger partial charge in [-0.15, -0.1) is 0 Å². The Bertz CT molecular complexity index is 1050. The minimum atomic E-state index is -3.63. The zero-order valence-electron chi connectivity index (χ0n) is 16.0. The Labute approximate surface area is 185 Å². The summed E-state index contributed by atoms with van der Waals surface area (Å²) in [7, 11) is -3.63. The largest absolute Gasteiger partial charge is 0.273 e. The van der Waals surface area contributed by atoms with Gasteiger partial charge in [0.05, 0.1) is 4.90 Å². The second-order valence-corrected chi connectivity index (χ2v) is 9.66. The standard InChI is InChI=1S/C20H21Cl2N3O4S/c21-16-8-6-14(18(22)13-16)7-9-19(26)23-24-20(27)15-4-3-5-17(12-15)30(28,29)25-10-1-2-11-25/h3-6,8,12-13H,1-2,7,9-11H2,(H,23,26)(H,24,27). The molecule has 0 bridgehead atoms. The molecule has 1 aliphatic heterocycles. The molecular weight excluding hydrogens is 449 g/mol. The molecule has 0 aliphatic carbocycles. The molecule has 30 heavy (non-hydrogen) atoms. The van der Waals surface area contributed by atoms with Crippen LogP contribution < -0.4 is 10.9 Å². The van der Waals surface area contributed by atoms with Gasteiger partial charge in [0.15, 0.2) is 0 Å². The number of hydrazine groups is 1. The van der Waals surface area contributed by atoms with E-state index in [1.165, 1.54) is 28.6 Å².